The molecule has 0 aliphatic carbocycles. The maximum atomic E-state index is 11.7. The molecule has 2 aromatic heterocycles. The quantitative estimate of drug-likeness (QED) is 0.757. The SMILES string of the molecule is Cc1csc(Cn2c(=O)ccn(C)c2=O)n1. The Morgan fingerprint density at radius 2 is 2.19 bits per heavy atom. The predicted octanol–water partition coefficient (Wildman–Crippen LogP) is 0.360. The average Bonchev–Trinajstić information content (AvgIpc) is 2.65. The van der Waals surface area contributed by atoms with Gasteiger partial charge in [0.2, 0.25) is 0 Å². The first-order chi connectivity index (χ1) is 7.58. The molecule has 0 atom stereocenters. The average molecular weight is 237 g/mol. The number of rotatable bonds is 2. The zero-order valence-corrected chi connectivity index (χ0v) is 9.82. The third-order valence-corrected chi connectivity index (χ3v) is 3.15. The maximum Gasteiger partial charge on any atom is 0.331 e. The summed E-state index contributed by atoms with van der Waals surface area (Å²) in [6.07, 6.45) is 1.47. The molecular weight excluding hydrogens is 226 g/mol. The summed E-state index contributed by atoms with van der Waals surface area (Å²) in [6, 6.07) is 1.38. The second-order valence-corrected chi connectivity index (χ2v) is 4.46. The van der Waals surface area contributed by atoms with Gasteiger partial charge in [0.1, 0.15) is 5.01 Å². The van der Waals surface area contributed by atoms with Crippen molar-refractivity contribution in [2.75, 3.05) is 0 Å². The highest BCUT2D eigenvalue weighted by atomic mass is 32.1. The van der Waals surface area contributed by atoms with Crippen LogP contribution >= 0.6 is 11.3 Å². The summed E-state index contributed by atoms with van der Waals surface area (Å²) in [5.41, 5.74) is 0.289. The van der Waals surface area contributed by atoms with Crippen molar-refractivity contribution in [1.29, 1.82) is 0 Å². The number of aromatic nitrogens is 3. The van der Waals surface area contributed by atoms with Gasteiger partial charge in [-0.25, -0.2) is 9.78 Å². The Hall–Kier alpha value is -1.69. The van der Waals surface area contributed by atoms with Gasteiger partial charge in [-0.15, -0.1) is 11.3 Å². The van der Waals surface area contributed by atoms with Crippen LogP contribution in [0.25, 0.3) is 0 Å². The van der Waals surface area contributed by atoms with Crippen LogP contribution in [0, 0.1) is 6.92 Å². The monoisotopic (exact) mass is 237 g/mol. The van der Waals surface area contributed by atoms with Crippen molar-refractivity contribution in [3.05, 3.63) is 49.2 Å². The highest BCUT2D eigenvalue weighted by molar-refractivity contribution is 7.09. The molecule has 84 valence electrons. The lowest BCUT2D eigenvalue weighted by Gasteiger charge is -2.03. The van der Waals surface area contributed by atoms with Gasteiger partial charge in [0.15, 0.2) is 0 Å². The first-order valence-electron chi connectivity index (χ1n) is 4.75. The Morgan fingerprint density at radius 3 is 2.81 bits per heavy atom. The van der Waals surface area contributed by atoms with Gasteiger partial charge in [0.25, 0.3) is 5.56 Å². The number of thiazole rings is 1. The fraction of sp³-hybridized carbons (Fsp3) is 0.300. The molecule has 0 saturated carbocycles. The molecule has 2 aromatic rings. The van der Waals surface area contributed by atoms with E-state index >= 15 is 0 Å². The summed E-state index contributed by atoms with van der Waals surface area (Å²) in [4.78, 5) is 27.5. The van der Waals surface area contributed by atoms with Gasteiger partial charge in [0.05, 0.1) is 6.54 Å². The molecule has 5 nitrogen and oxygen atoms in total. The van der Waals surface area contributed by atoms with Crippen LogP contribution in [0.5, 0.6) is 0 Å². The Kier molecular flexibility index (Phi) is 2.74. The van der Waals surface area contributed by atoms with E-state index in [2.05, 4.69) is 4.98 Å². The summed E-state index contributed by atoms with van der Waals surface area (Å²) < 4.78 is 2.56. The van der Waals surface area contributed by atoms with Gasteiger partial charge in [-0.2, -0.15) is 0 Å². The lowest BCUT2D eigenvalue weighted by atomic mass is 10.5. The smallest absolute Gasteiger partial charge is 0.303 e. The van der Waals surface area contributed by atoms with Crippen LogP contribution in [0.15, 0.2) is 27.2 Å². The van der Waals surface area contributed by atoms with E-state index in [0.29, 0.717) is 0 Å². The van der Waals surface area contributed by atoms with Gasteiger partial charge in [-0.3, -0.25) is 9.36 Å². The minimum Gasteiger partial charge on any atom is -0.303 e. The molecule has 0 amide bonds. The molecule has 16 heavy (non-hydrogen) atoms. The van der Waals surface area contributed by atoms with E-state index in [9.17, 15) is 9.59 Å². The van der Waals surface area contributed by atoms with Crippen molar-refractivity contribution < 1.29 is 0 Å². The van der Waals surface area contributed by atoms with E-state index in [-0.39, 0.29) is 17.8 Å². The molecule has 0 bridgehead atoms. The first kappa shape index (κ1) is 10.8. The maximum absolute atomic E-state index is 11.7. The Morgan fingerprint density at radius 1 is 1.44 bits per heavy atom. The highest BCUT2D eigenvalue weighted by Crippen LogP contribution is 2.08. The highest BCUT2D eigenvalue weighted by Gasteiger charge is 2.06. The molecule has 0 unspecified atom stereocenters. The van der Waals surface area contributed by atoms with Gasteiger partial charge < -0.3 is 4.57 Å². The van der Waals surface area contributed by atoms with Crippen LogP contribution in [-0.4, -0.2) is 14.1 Å². The second kappa shape index (κ2) is 4.05. The molecule has 2 heterocycles. The lowest BCUT2D eigenvalue weighted by Crippen LogP contribution is -2.38. The molecule has 0 radical (unpaired) electrons. The van der Waals surface area contributed by atoms with Crippen molar-refractivity contribution >= 4 is 11.3 Å². The number of hydrogen-bond donors (Lipinski definition) is 0. The summed E-state index contributed by atoms with van der Waals surface area (Å²) in [5, 5.41) is 2.66. The normalized spacial score (nSPS) is 10.6. The third kappa shape index (κ3) is 1.96. The van der Waals surface area contributed by atoms with Crippen molar-refractivity contribution in [3.63, 3.8) is 0 Å². The van der Waals surface area contributed by atoms with Crippen LogP contribution in [0.4, 0.5) is 0 Å². The first-order valence-corrected chi connectivity index (χ1v) is 5.63. The largest absolute Gasteiger partial charge is 0.331 e. The molecule has 0 saturated heterocycles. The number of aryl methyl sites for hydroxylation is 2. The molecule has 2 rings (SSSR count). The predicted molar refractivity (Wildman–Crippen MR) is 61.9 cm³/mol. The fourth-order valence-electron chi connectivity index (χ4n) is 1.37. The summed E-state index contributed by atoms with van der Waals surface area (Å²) in [6.45, 7) is 2.12. The van der Waals surface area contributed by atoms with Crippen LogP contribution < -0.4 is 11.2 Å². The molecule has 0 aliphatic rings. The number of hydrogen-bond acceptors (Lipinski definition) is 4. The van der Waals surface area contributed by atoms with Crippen LogP contribution in [0.3, 0.4) is 0 Å². The van der Waals surface area contributed by atoms with E-state index in [1.165, 1.54) is 32.7 Å². The van der Waals surface area contributed by atoms with Crippen molar-refractivity contribution in [2.45, 2.75) is 13.5 Å². The summed E-state index contributed by atoms with van der Waals surface area (Å²) in [7, 11) is 1.62. The Bertz CT molecular complexity index is 623. The molecule has 0 aliphatic heterocycles. The summed E-state index contributed by atoms with van der Waals surface area (Å²) in [5.74, 6) is 0. The van der Waals surface area contributed by atoms with Crippen molar-refractivity contribution in [2.24, 2.45) is 7.05 Å². The minimum absolute atomic E-state index is 0.241. The van der Waals surface area contributed by atoms with Gasteiger partial charge in [-0.1, -0.05) is 0 Å². The van der Waals surface area contributed by atoms with Crippen molar-refractivity contribution in [1.82, 2.24) is 14.1 Å². The van der Waals surface area contributed by atoms with E-state index < -0.39 is 0 Å². The summed E-state index contributed by atoms with van der Waals surface area (Å²) >= 11 is 1.45. The van der Waals surface area contributed by atoms with Gasteiger partial charge >= 0.3 is 5.69 Å². The molecule has 0 spiro atoms. The van der Waals surface area contributed by atoms with Crippen LogP contribution in [0.2, 0.25) is 0 Å². The van der Waals surface area contributed by atoms with Gasteiger partial charge in [0, 0.05) is 30.4 Å². The molecule has 0 N–H and O–H groups in total. The Balaban J connectivity index is 2.46. The van der Waals surface area contributed by atoms with E-state index in [1.54, 1.807) is 7.05 Å². The molecular formula is C10H11N3O2S. The van der Waals surface area contributed by atoms with Crippen LogP contribution in [-0.2, 0) is 13.6 Å². The number of nitrogens with zero attached hydrogens (tertiary/aromatic N) is 3. The lowest BCUT2D eigenvalue weighted by molar-refractivity contribution is 0.637. The standard InChI is InChI=1S/C10H11N3O2S/c1-7-6-16-8(11-7)5-13-9(14)3-4-12(2)10(13)15/h3-4,6H,5H2,1-2H3. The van der Waals surface area contributed by atoms with E-state index in [4.69, 9.17) is 0 Å². The third-order valence-electron chi connectivity index (χ3n) is 2.20. The fourth-order valence-corrected chi connectivity index (χ4v) is 2.13. The zero-order valence-electron chi connectivity index (χ0n) is 9.01. The molecule has 0 fully saturated rings. The molecule has 0 aromatic carbocycles. The Labute approximate surface area is 95.6 Å². The second-order valence-electron chi connectivity index (χ2n) is 3.52. The topological polar surface area (TPSA) is 56.9 Å². The zero-order chi connectivity index (χ0) is 11.7. The minimum atomic E-state index is -0.319. The van der Waals surface area contributed by atoms with E-state index in [1.807, 2.05) is 12.3 Å². The molecule has 6 heteroatoms. The van der Waals surface area contributed by atoms with Gasteiger partial charge in [-0.05, 0) is 6.92 Å². The van der Waals surface area contributed by atoms with Crippen molar-refractivity contribution in [3.8, 4) is 0 Å². The van der Waals surface area contributed by atoms with Crippen LogP contribution in [0.1, 0.15) is 10.7 Å². The van der Waals surface area contributed by atoms with E-state index in [0.717, 1.165) is 10.7 Å².